The zero-order valence-electron chi connectivity index (χ0n) is 15.2. The molecule has 2 N–H and O–H groups in total. The highest BCUT2D eigenvalue weighted by molar-refractivity contribution is 7.89. The van der Waals surface area contributed by atoms with Gasteiger partial charge in [0.1, 0.15) is 11.8 Å². The summed E-state index contributed by atoms with van der Waals surface area (Å²) < 4.78 is 32.9. The monoisotopic (exact) mass is 369 g/mol. The van der Waals surface area contributed by atoms with E-state index < -0.39 is 16.1 Å². The number of carbonyl (C=O) groups is 1. The summed E-state index contributed by atoms with van der Waals surface area (Å²) in [6, 6.07) is 5.38. The molecule has 0 aliphatic carbocycles. The zero-order chi connectivity index (χ0) is 18.6. The van der Waals surface area contributed by atoms with E-state index in [1.165, 1.54) is 19.2 Å². The Balaban J connectivity index is 2.17. The molecule has 0 saturated carbocycles. The third kappa shape index (κ3) is 4.71. The second-order valence-electron chi connectivity index (χ2n) is 6.61. The molecule has 1 aliphatic heterocycles. The van der Waals surface area contributed by atoms with Gasteiger partial charge in [0.05, 0.1) is 12.0 Å². The van der Waals surface area contributed by atoms with Crippen molar-refractivity contribution in [3.8, 4) is 5.75 Å². The molecule has 0 bridgehead atoms. The third-order valence-electron chi connectivity index (χ3n) is 4.51. The van der Waals surface area contributed by atoms with E-state index in [-0.39, 0.29) is 22.8 Å². The molecule has 1 amide bonds. The van der Waals surface area contributed by atoms with Gasteiger partial charge in [0, 0.05) is 19.6 Å². The normalized spacial score (nSPS) is 19.0. The van der Waals surface area contributed by atoms with Crippen LogP contribution in [0, 0.1) is 5.92 Å². The summed E-state index contributed by atoms with van der Waals surface area (Å²) in [5.74, 6) is 0.196. The van der Waals surface area contributed by atoms with Crippen LogP contribution in [0.15, 0.2) is 29.2 Å². The summed E-state index contributed by atoms with van der Waals surface area (Å²) in [5.41, 5.74) is 0. The maximum atomic E-state index is 12.8. The lowest BCUT2D eigenvalue weighted by Gasteiger charge is -2.30. The van der Waals surface area contributed by atoms with E-state index in [0.717, 1.165) is 19.5 Å². The summed E-state index contributed by atoms with van der Waals surface area (Å²) >= 11 is 0. The van der Waals surface area contributed by atoms with Crippen LogP contribution in [-0.2, 0) is 14.8 Å². The maximum absolute atomic E-state index is 12.8. The Labute approximate surface area is 149 Å². The minimum absolute atomic E-state index is 0.0965. The van der Waals surface area contributed by atoms with Crippen molar-refractivity contribution in [1.82, 2.24) is 14.9 Å². The van der Waals surface area contributed by atoms with Crippen molar-refractivity contribution >= 4 is 15.9 Å². The lowest BCUT2D eigenvalue weighted by molar-refractivity contribution is -0.134. The summed E-state index contributed by atoms with van der Waals surface area (Å²) in [4.78, 5) is 14.6. The number of likely N-dealkylation sites (N-methyl/N-ethyl adjacent to an activating group) is 1. The van der Waals surface area contributed by atoms with Crippen molar-refractivity contribution in [3.05, 3.63) is 24.3 Å². The third-order valence-corrected chi connectivity index (χ3v) is 5.97. The van der Waals surface area contributed by atoms with Crippen LogP contribution in [0.3, 0.4) is 0 Å². The maximum Gasteiger partial charge on any atom is 0.241 e. The number of rotatable bonds is 7. The van der Waals surface area contributed by atoms with Crippen molar-refractivity contribution < 1.29 is 17.9 Å². The van der Waals surface area contributed by atoms with E-state index in [2.05, 4.69) is 10.0 Å². The highest BCUT2D eigenvalue weighted by Crippen LogP contribution is 2.18. The van der Waals surface area contributed by atoms with Crippen LogP contribution in [0.2, 0.25) is 0 Å². The van der Waals surface area contributed by atoms with E-state index >= 15 is 0 Å². The van der Waals surface area contributed by atoms with Gasteiger partial charge in [-0.25, -0.2) is 8.42 Å². The van der Waals surface area contributed by atoms with E-state index in [1.807, 2.05) is 13.8 Å². The Morgan fingerprint density at radius 1 is 1.32 bits per heavy atom. The fraction of sp³-hybridized carbons (Fsp3) is 0.588. The fourth-order valence-electron chi connectivity index (χ4n) is 2.83. The first kappa shape index (κ1) is 19.7. The number of nitrogens with zero attached hydrogens (tertiary/aromatic N) is 1. The number of carbonyl (C=O) groups excluding carboxylic acids is 1. The Hall–Kier alpha value is -1.64. The predicted octanol–water partition coefficient (Wildman–Crippen LogP) is 0.818. The van der Waals surface area contributed by atoms with Crippen LogP contribution in [0.5, 0.6) is 5.75 Å². The van der Waals surface area contributed by atoms with Crippen molar-refractivity contribution in [2.75, 3.05) is 27.2 Å². The van der Waals surface area contributed by atoms with Crippen LogP contribution < -0.4 is 14.8 Å². The Bertz CT molecular complexity index is 682. The molecule has 8 heteroatoms. The number of ether oxygens (including phenoxy) is 1. The van der Waals surface area contributed by atoms with Gasteiger partial charge >= 0.3 is 0 Å². The molecule has 0 aromatic heterocycles. The smallest absolute Gasteiger partial charge is 0.241 e. The van der Waals surface area contributed by atoms with Gasteiger partial charge in [0.15, 0.2) is 0 Å². The molecule has 1 aromatic carbocycles. The molecule has 1 heterocycles. The summed E-state index contributed by atoms with van der Waals surface area (Å²) in [6.45, 7) is 5.27. The molecule has 2 rings (SSSR count). The van der Waals surface area contributed by atoms with Crippen molar-refractivity contribution in [1.29, 1.82) is 0 Å². The quantitative estimate of drug-likeness (QED) is 0.743. The van der Waals surface area contributed by atoms with Gasteiger partial charge in [-0.1, -0.05) is 13.8 Å². The molecular weight excluding hydrogens is 342 g/mol. The second kappa shape index (κ2) is 8.16. The molecule has 1 aromatic rings. The van der Waals surface area contributed by atoms with E-state index in [0.29, 0.717) is 5.75 Å². The van der Waals surface area contributed by atoms with Gasteiger partial charge in [-0.3, -0.25) is 4.79 Å². The average molecular weight is 369 g/mol. The summed E-state index contributed by atoms with van der Waals surface area (Å²) in [6.07, 6.45) is 0.873. The highest BCUT2D eigenvalue weighted by Gasteiger charge is 2.33. The number of amides is 1. The zero-order valence-corrected chi connectivity index (χ0v) is 16.0. The summed E-state index contributed by atoms with van der Waals surface area (Å²) in [5, 5.41) is 3.22. The van der Waals surface area contributed by atoms with Crippen LogP contribution in [0.25, 0.3) is 0 Å². The molecule has 0 spiro atoms. The number of sulfonamides is 1. The SMILES string of the molecule is COc1ccc(S(=O)(=O)NC(C(=O)N(C)C2CCNC2)C(C)C)cc1. The van der Waals surface area contributed by atoms with Gasteiger partial charge in [-0.15, -0.1) is 0 Å². The molecule has 1 saturated heterocycles. The fourth-order valence-corrected chi connectivity index (χ4v) is 4.17. The van der Waals surface area contributed by atoms with Crippen molar-refractivity contribution in [2.45, 2.75) is 37.2 Å². The minimum atomic E-state index is -3.80. The van der Waals surface area contributed by atoms with Crippen LogP contribution in [0.4, 0.5) is 0 Å². The van der Waals surface area contributed by atoms with Crippen LogP contribution >= 0.6 is 0 Å². The number of hydrogen-bond acceptors (Lipinski definition) is 5. The largest absolute Gasteiger partial charge is 0.497 e. The lowest BCUT2D eigenvalue weighted by atomic mass is 10.0. The molecule has 140 valence electrons. The van der Waals surface area contributed by atoms with E-state index in [1.54, 1.807) is 24.1 Å². The average Bonchev–Trinajstić information content (AvgIpc) is 3.13. The second-order valence-corrected chi connectivity index (χ2v) is 8.33. The number of methoxy groups -OCH3 is 1. The van der Waals surface area contributed by atoms with Crippen LogP contribution in [0.1, 0.15) is 20.3 Å². The van der Waals surface area contributed by atoms with E-state index in [9.17, 15) is 13.2 Å². The molecule has 1 aliphatic rings. The molecule has 2 atom stereocenters. The number of benzene rings is 1. The Kier molecular flexibility index (Phi) is 6.42. The van der Waals surface area contributed by atoms with Crippen LogP contribution in [-0.4, -0.2) is 58.6 Å². The van der Waals surface area contributed by atoms with Crippen molar-refractivity contribution in [3.63, 3.8) is 0 Å². The Morgan fingerprint density at radius 3 is 2.44 bits per heavy atom. The predicted molar refractivity (Wildman–Crippen MR) is 96.0 cm³/mol. The molecule has 25 heavy (non-hydrogen) atoms. The number of hydrogen-bond donors (Lipinski definition) is 2. The summed E-state index contributed by atoms with van der Waals surface area (Å²) in [7, 11) is -0.550. The minimum Gasteiger partial charge on any atom is -0.497 e. The molecule has 2 unspecified atom stereocenters. The Morgan fingerprint density at radius 2 is 1.96 bits per heavy atom. The molecule has 0 radical (unpaired) electrons. The molecule has 7 nitrogen and oxygen atoms in total. The van der Waals surface area contributed by atoms with Gasteiger partial charge in [0.2, 0.25) is 15.9 Å². The van der Waals surface area contributed by atoms with Gasteiger partial charge in [-0.2, -0.15) is 4.72 Å². The highest BCUT2D eigenvalue weighted by atomic mass is 32.2. The van der Waals surface area contributed by atoms with Gasteiger partial charge in [0.25, 0.3) is 0 Å². The lowest BCUT2D eigenvalue weighted by Crippen LogP contribution is -2.52. The topological polar surface area (TPSA) is 87.7 Å². The van der Waals surface area contributed by atoms with Crippen molar-refractivity contribution in [2.24, 2.45) is 5.92 Å². The van der Waals surface area contributed by atoms with Gasteiger partial charge < -0.3 is 15.0 Å². The van der Waals surface area contributed by atoms with E-state index in [4.69, 9.17) is 4.74 Å². The first-order valence-corrected chi connectivity index (χ1v) is 9.88. The first-order chi connectivity index (χ1) is 11.8. The number of nitrogens with one attached hydrogen (secondary N) is 2. The van der Waals surface area contributed by atoms with Gasteiger partial charge in [-0.05, 0) is 43.1 Å². The standard InChI is InChI=1S/C17H27N3O4S/c1-12(2)16(17(21)20(3)13-9-10-18-11-13)19-25(22,23)15-7-5-14(24-4)6-8-15/h5-8,12-13,16,18-19H,9-11H2,1-4H3. The first-order valence-electron chi connectivity index (χ1n) is 8.40. The molecular formula is C17H27N3O4S. The molecule has 1 fully saturated rings.